The molecule has 2 aromatic rings. The van der Waals surface area contributed by atoms with Crippen LogP contribution < -0.4 is 4.81 Å². The molecule has 0 radical (unpaired) electrons. The molecule has 3 nitrogen and oxygen atoms in total. The van der Waals surface area contributed by atoms with E-state index in [0.29, 0.717) is 0 Å². The van der Waals surface area contributed by atoms with Crippen LogP contribution in [0, 0.1) is 0 Å². The van der Waals surface area contributed by atoms with Gasteiger partial charge >= 0.3 is 101 Å². The van der Waals surface area contributed by atoms with Crippen LogP contribution in [0.3, 0.4) is 0 Å². The van der Waals surface area contributed by atoms with E-state index in [0.717, 1.165) is 10.8 Å². The molecule has 0 amide bonds. The molecule has 19 heavy (non-hydrogen) atoms. The first kappa shape index (κ1) is 15.4. The Bertz CT molecular complexity index is 421. The summed E-state index contributed by atoms with van der Waals surface area (Å²) < 4.78 is 0. The van der Waals surface area contributed by atoms with Crippen molar-refractivity contribution in [2.45, 2.75) is 10.8 Å². The Kier molecular flexibility index (Phi) is 7.56. The van der Waals surface area contributed by atoms with Gasteiger partial charge in [-0.05, 0) is 0 Å². The Hall–Kier alpha value is -1.64. The van der Waals surface area contributed by atoms with Crippen molar-refractivity contribution in [2.24, 2.45) is 4.81 Å². The summed E-state index contributed by atoms with van der Waals surface area (Å²) in [7, 11) is 0. The second-order valence-electron chi connectivity index (χ2n) is 3.72. The van der Waals surface area contributed by atoms with E-state index in [2.05, 4.69) is 48.5 Å². The van der Waals surface area contributed by atoms with Gasteiger partial charge in [0.05, 0.1) is 0 Å². The third-order valence-corrected chi connectivity index (χ3v) is 3.93. The zero-order chi connectivity index (χ0) is 13.9. The van der Waals surface area contributed by atoms with Gasteiger partial charge in [0.1, 0.15) is 0 Å². The van der Waals surface area contributed by atoms with Crippen LogP contribution in [0.4, 0.5) is 0 Å². The molecule has 0 unspecified atom stereocenters. The second kappa shape index (κ2) is 9.31. The number of hydrogen-bond donors (Lipinski definition) is 2. The van der Waals surface area contributed by atoms with Gasteiger partial charge in [-0.3, -0.25) is 4.79 Å². The molecule has 0 aromatic heterocycles. The fourth-order valence-corrected chi connectivity index (χ4v) is 3.10. The normalized spacial score (nSPS) is 10.1. The van der Waals surface area contributed by atoms with Gasteiger partial charge < -0.3 is 5.11 Å². The molecule has 0 atom stereocenters. The number of carboxylic acid groups (broad SMARTS) is 1. The zero-order valence-corrected chi connectivity index (χ0v) is 11.5. The van der Waals surface area contributed by atoms with E-state index in [1.54, 1.807) is 0 Å². The molecule has 0 saturated heterocycles. The van der Waals surface area contributed by atoms with Crippen molar-refractivity contribution >= 4 is 6.47 Å². The molecule has 0 saturated carbocycles. The molecule has 0 heterocycles. The minimum atomic E-state index is -0.250. The topological polar surface area (TPSA) is 63.3 Å². The van der Waals surface area contributed by atoms with Gasteiger partial charge in [0.2, 0.25) is 0 Å². The van der Waals surface area contributed by atoms with Crippen LogP contribution in [-0.2, 0) is 29.2 Å². The SMILES string of the molecule is O=CO.[NH2][Ni]([CH2]c1ccccc1)[CH2]c1ccccc1. The summed E-state index contributed by atoms with van der Waals surface area (Å²) in [5.74, 6) is 0. The number of rotatable bonds is 4. The fourth-order valence-electron chi connectivity index (χ4n) is 1.48. The standard InChI is InChI=1S/2C7H7.CH2O2.H2N.Ni/c2*1-7-5-3-2-4-6-7;2-1-3;;/h2*2-6H,1H2;1H,(H,2,3);1H2;/q;;;-1;+1. The van der Waals surface area contributed by atoms with Crippen LogP contribution in [0.15, 0.2) is 60.7 Å². The molecular weight excluding hydrogens is 285 g/mol. The average Bonchev–Trinajstić information content (AvgIpc) is 2.41. The van der Waals surface area contributed by atoms with Crippen molar-refractivity contribution in [3.05, 3.63) is 71.8 Å². The van der Waals surface area contributed by atoms with Gasteiger partial charge in [-0.1, -0.05) is 0 Å². The van der Waals surface area contributed by atoms with Gasteiger partial charge in [-0.2, -0.15) is 0 Å². The first-order valence-corrected chi connectivity index (χ1v) is 7.62. The van der Waals surface area contributed by atoms with Crippen LogP contribution in [0.2, 0.25) is 0 Å². The molecule has 0 aliphatic rings. The molecular formula is C15H18NNiO2. The van der Waals surface area contributed by atoms with E-state index in [1.807, 2.05) is 12.1 Å². The summed E-state index contributed by atoms with van der Waals surface area (Å²) in [6.45, 7) is -0.250. The third kappa shape index (κ3) is 6.75. The quantitative estimate of drug-likeness (QED) is 0.674. The Morgan fingerprint density at radius 1 is 0.895 bits per heavy atom. The number of carbonyl (C=O) groups is 1. The van der Waals surface area contributed by atoms with E-state index >= 15 is 0 Å². The van der Waals surface area contributed by atoms with E-state index < -0.39 is 0 Å². The third-order valence-electron chi connectivity index (χ3n) is 2.23. The van der Waals surface area contributed by atoms with Crippen molar-refractivity contribution in [2.75, 3.05) is 0 Å². The summed E-state index contributed by atoms with van der Waals surface area (Å²) in [4.78, 5) is 14.5. The van der Waals surface area contributed by atoms with E-state index in [-0.39, 0.29) is 20.1 Å². The number of hydrogen-bond acceptors (Lipinski definition) is 2. The predicted octanol–water partition coefficient (Wildman–Crippen LogP) is 2.58. The summed E-state index contributed by atoms with van der Waals surface area (Å²) in [6.07, 6.45) is 0. The van der Waals surface area contributed by atoms with Crippen molar-refractivity contribution < 1.29 is 23.5 Å². The van der Waals surface area contributed by atoms with Crippen LogP contribution >= 0.6 is 0 Å². The summed E-state index contributed by atoms with van der Waals surface area (Å²) in [6, 6.07) is 20.9. The van der Waals surface area contributed by atoms with Gasteiger partial charge in [-0.25, -0.2) is 0 Å². The van der Waals surface area contributed by atoms with Crippen molar-refractivity contribution in [1.82, 2.24) is 0 Å². The zero-order valence-electron chi connectivity index (χ0n) is 10.5. The monoisotopic (exact) mass is 302 g/mol. The number of benzene rings is 2. The van der Waals surface area contributed by atoms with Gasteiger partial charge in [0.25, 0.3) is 6.47 Å². The molecule has 0 aliphatic heterocycles. The predicted molar refractivity (Wildman–Crippen MR) is 73.2 cm³/mol. The van der Waals surface area contributed by atoms with Gasteiger partial charge in [0.15, 0.2) is 0 Å². The summed E-state index contributed by atoms with van der Waals surface area (Å²) >= 11 is -0.207. The Morgan fingerprint density at radius 3 is 1.53 bits per heavy atom. The van der Waals surface area contributed by atoms with Crippen LogP contribution in [0.25, 0.3) is 0 Å². The molecule has 0 fully saturated rings. The molecule has 3 N–H and O–H groups in total. The summed E-state index contributed by atoms with van der Waals surface area (Å²) in [5, 5.41) is 8.85. The maximum atomic E-state index is 8.36. The van der Waals surface area contributed by atoms with E-state index in [9.17, 15) is 0 Å². The van der Waals surface area contributed by atoms with Crippen molar-refractivity contribution in [1.29, 1.82) is 0 Å². The maximum absolute atomic E-state index is 8.36. The molecule has 0 spiro atoms. The van der Waals surface area contributed by atoms with Crippen LogP contribution in [0.5, 0.6) is 0 Å². The molecule has 0 bridgehead atoms. The van der Waals surface area contributed by atoms with Crippen LogP contribution in [-0.4, -0.2) is 11.6 Å². The van der Waals surface area contributed by atoms with Crippen molar-refractivity contribution in [3.63, 3.8) is 0 Å². The second-order valence-corrected chi connectivity index (χ2v) is 5.72. The first-order chi connectivity index (χ1) is 9.26. The van der Waals surface area contributed by atoms with Crippen molar-refractivity contribution in [3.8, 4) is 0 Å². The average molecular weight is 303 g/mol. The first-order valence-electron chi connectivity index (χ1n) is 5.65. The Balaban J connectivity index is 0.000000550. The molecule has 4 heteroatoms. The molecule has 0 aliphatic carbocycles. The Morgan fingerprint density at radius 2 is 1.21 bits per heavy atom. The Labute approximate surface area is 117 Å². The van der Waals surface area contributed by atoms with Crippen LogP contribution in [0.1, 0.15) is 11.1 Å². The number of nitrogens with two attached hydrogens (primary N) is 1. The van der Waals surface area contributed by atoms with E-state index in [1.165, 1.54) is 11.1 Å². The van der Waals surface area contributed by atoms with Gasteiger partial charge in [0, 0.05) is 0 Å². The fraction of sp³-hybridized carbons (Fsp3) is 0.133. The van der Waals surface area contributed by atoms with E-state index in [4.69, 9.17) is 14.7 Å². The molecule has 2 rings (SSSR count). The molecule has 2 aromatic carbocycles. The molecule has 105 valence electrons. The van der Waals surface area contributed by atoms with Gasteiger partial charge in [-0.15, -0.1) is 0 Å². The summed E-state index contributed by atoms with van der Waals surface area (Å²) in [5.41, 5.74) is 2.66. The minimum absolute atomic E-state index is 0.207.